The van der Waals surface area contributed by atoms with Crippen molar-refractivity contribution in [1.82, 2.24) is 15.1 Å². The standard InChI is InChI=1S/C35H45N3O2/c1-37(2)35(21-10-5-11-22-35)27-36-34(39)30-17-12-18-32(25-30)40-31-19-23-38(24-20-31)26-33(28-13-6-3-7-14-28)29-15-8-4-9-16-29/h3-4,6-9,12-18,25,31,33H,5,10-11,19-24,26-27H2,1-2H3,(H,36,39). The van der Waals surface area contributed by atoms with Gasteiger partial charge in [0.2, 0.25) is 0 Å². The molecule has 3 aromatic carbocycles. The molecule has 1 heterocycles. The van der Waals surface area contributed by atoms with Crippen molar-refractivity contribution in [1.29, 1.82) is 0 Å². The van der Waals surface area contributed by atoms with Gasteiger partial charge in [-0.2, -0.15) is 0 Å². The van der Waals surface area contributed by atoms with Crippen LogP contribution in [0.5, 0.6) is 5.75 Å². The molecule has 1 aliphatic carbocycles. The fourth-order valence-electron chi connectivity index (χ4n) is 6.48. The van der Waals surface area contributed by atoms with E-state index in [9.17, 15) is 4.79 Å². The summed E-state index contributed by atoms with van der Waals surface area (Å²) in [5, 5.41) is 3.23. The van der Waals surface area contributed by atoms with E-state index in [0.29, 0.717) is 18.0 Å². The van der Waals surface area contributed by atoms with Crippen LogP contribution in [0.3, 0.4) is 0 Å². The Hall–Kier alpha value is -3.15. The summed E-state index contributed by atoms with van der Waals surface area (Å²) in [6.45, 7) is 3.71. The molecule has 0 spiro atoms. The minimum atomic E-state index is -0.0140. The molecule has 2 fully saturated rings. The summed E-state index contributed by atoms with van der Waals surface area (Å²) in [7, 11) is 4.28. The summed E-state index contributed by atoms with van der Waals surface area (Å²) < 4.78 is 6.41. The number of nitrogens with one attached hydrogen (secondary N) is 1. The van der Waals surface area contributed by atoms with E-state index in [1.807, 2.05) is 24.3 Å². The first-order valence-electron chi connectivity index (χ1n) is 15.1. The Bertz CT molecular complexity index is 1160. The molecule has 1 saturated heterocycles. The molecular formula is C35H45N3O2. The van der Waals surface area contributed by atoms with Crippen molar-refractivity contribution in [2.24, 2.45) is 0 Å². The third-order valence-electron chi connectivity index (χ3n) is 9.09. The zero-order valence-electron chi connectivity index (χ0n) is 24.2. The second kappa shape index (κ2) is 13.5. The number of amides is 1. The maximum Gasteiger partial charge on any atom is 0.251 e. The quantitative estimate of drug-likeness (QED) is 0.326. The number of carbonyl (C=O) groups excluding carboxylic acids is 1. The van der Waals surface area contributed by atoms with Gasteiger partial charge in [-0.1, -0.05) is 86.0 Å². The molecule has 2 aliphatic rings. The number of likely N-dealkylation sites (N-methyl/N-ethyl adjacent to an activating group) is 1. The second-order valence-corrected chi connectivity index (χ2v) is 11.9. The number of likely N-dealkylation sites (tertiary alicyclic amines) is 1. The van der Waals surface area contributed by atoms with Gasteiger partial charge in [0.15, 0.2) is 0 Å². The normalized spacial score (nSPS) is 18.1. The number of piperidine rings is 1. The zero-order chi connectivity index (χ0) is 27.8. The lowest BCUT2D eigenvalue weighted by Gasteiger charge is -2.43. The van der Waals surface area contributed by atoms with Crippen LogP contribution in [0.15, 0.2) is 84.9 Å². The van der Waals surface area contributed by atoms with Crippen molar-refractivity contribution in [2.75, 3.05) is 40.3 Å². The number of ether oxygens (including phenoxy) is 1. The topological polar surface area (TPSA) is 44.8 Å². The van der Waals surface area contributed by atoms with E-state index in [1.165, 1.54) is 30.4 Å². The molecule has 5 heteroatoms. The molecule has 0 aromatic heterocycles. The summed E-state index contributed by atoms with van der Waals surface area (Å²) in [5.74, 6) is 1.13. The van der Waals surface area contributed by atoms with E-state index in [1.54, 1.807) is 0 Å². The first-order valence-corrected chi connectivity index (χ1v) is 15.1. The molecular weight excluding hydrogens is 494 g/mol. The SMILES string of the molecule is CN(C)C1(CNC(=O)c2cccc(OC3CCN(CC(c4ccccc4)c4ccccc4)CC3)c2)CCCCC1. The van der Waals surface area contributed by atoms with Crippen LogP contribution in [-0.4, -0.2) is 67.6 Å². The highest BCUT2D eigenvalue weighted by atomic mass is 16.5. The van der Waals surface area contributed by atoms with Crippen molar-refractivity contribution in [3.63, 3.8) is 0 Å². The molecule has 1 aliphatic heterocycles. The Labute approximate surface area is 240 Å². The van der Waals surface area contributed by atoms with Crippen molar-refractivity contribution in [3.8, 4) is 5.75 Å². The minimum Gasteiger partial charge on any atom is -0.490 e. The highest BCUT2D eigenvalue weighted by Crippen LogP contribution is 2.32. The van der Waals surface area contributed by atoms with Gasteiger partial charge in [0.1, 0.15) is 11.9 Å². The van der Waals surface area contributed by atoms with E-state index >= 15 is 0 Å². The Morgan fingerprint density at radius 3 is 2.12 bits per heavy atom. The Kier molecular flexibility index (Phi) is 9.56. The number of carbonyl (C=O) groups is 1. The van der Waals surface area contributed by atoms with E-state index in [4.69, 9.17) is 4.74 Å². The molecule has 5 rings (SSSR count). The lowest BCUT2D eigenvalue weighted by atomic mass is 9.80. The third-order valence-corrected chi connectivity index (χ3v) is 9.09. The van der Waals surface area contributed by atoms with Crippen LogP contribution in [0.1, 0.15) is 72.3 Å². The second-order valence-electron chi connectivity index (χ2n) is 11.9. The molecule has 212 valence electrons. The van der Waals surface area contributed by atoms with Gasteiger partial charge in [-0.05, 0) is 69.1 Å². The monoisotopic (exact) mass is 539 g/mol. The Morgan fingerprint density at radius 2 is 1.52 bits per heavy atom. The first-order chi connectivity index (χ1) is 19.5. The van der Waals surface area contributed by atoms with E-state index < -0.39 is 0 Å². The fraction of sp³-hybridized carbons (Fsp3) is 0.457. The van der Waals surface area contributed by atoms with Gasteiger partial charge in [-0.25, -0.2) is 0 Å². The Morgan fingerprint density at radius 1 is 0.900 bits per heavy atom. The average Bonchev–Trinajstić information content (AvgIpc) is 3.01. The van der Waals surface area contributed by atoms with Gasteiger partial charge in [-0.3, -0.25) is 4.79 Å². The predicted molar refractivity (Wildman–Crippen MR) is 163 cm³/mol. The number of hydrogen-bond acceptors (Lipinski definition) is 4. The maximum absolute atomic E-state index is 13.1. The van der Waals surface area contributed by atoms with Gasteiger partial charge < -0.3 is 19.9 Å². The predicted octanol–water partition coefficient (Wildman–Crippen LogP) is 6.36. The highest BCUT2D eigenvalue weighted by Gasteiger charge is 2.34. The fourth-order valence-corrected chi connectivity index (χ4v) is 6.48. The molecule has 0 radical (unpaired) electrons. The lowest BCUT2D eigenvalue weighted by molar-refractivity contribution is 0.0797. The van der Waals surface area contributed by atoms with Crippen molar-refractivity contribution < 1.29 is 9.53 Å². The van der Waals surface area contributed by atoms with Gasteiger partial charge in [0, 0.05) is 43.2 Å². The van der Waals surface area contributed by atoms with Crippen molar-refractivity contribution >= 4 is 5.91 Å². The van der Waals surface area contributed by atoms with Gasteiger partial charge >= 0.3 is 0 Å². The third kappa shape index (κ3) is 7.13. The highest BCUT2D eigenvalue weighted by molar-refractivity contribution is 5.94. The van der Waals surface area contributed by atoms with Crippen LogP contribution in [0.4, 0.5) is 0 Å². The maximum atomic E-state index is 13.1. The van der Waals surface area contributed by atoms with Crippen LogP contribution < -0.4 is 10.1 Å². The Balaban J connectivity index is 1.15. The van der Waals surface area contributed by atoms with Crippen molar-refractivity contribution in [3.05, 3.63) is 102 Å². The van der Waals surface area contributed by atoms with E-state index in [-0.39, 0.29) is 17.6 Å². The molecule has 5 nitrogen and oxygen atoms in total. The van der Waals surface area contributed by atoms with E-state index in [2.05, 4.69) is 89.9 Å². The largest absolute Gasteiger partial charge is 0.490 e. The summed E-state index contributed by atoms with van der Waals surface area (Å²) in [6, 6.07) is 29.4. The van der Waals surface area contributed by atoms with Crippen LogP contribution in [0.25, 0.3) is 0 Å². The molecule has 1 N–H and O–H groups in total. The molecule has 0 bridgehead atoms. The first kappa shape index (κ1) is 28.4. The molecule has 0 atom stereocenters. The van der Waals surface area contributed by atoms with Gasteiger partial charge in [0.05, 0.1) is 0 Å². The summed E-state index contributed by atoms with van der Waals surface area (Å²) >= 11 is 0. The minimum absolute atomic E-state index is 0.0140. The molecule has 3 aromatic rings. The molecule has 40 heavy (non-hydrogen) atoms. The molecule has 1 saturated carbocycles. The zero-order valence-corrected chi connectivity index (χ0v) is 24.2. The van der Waals surface area contributed by atoms with Gasteiger partial charge in [-0.15, -0.1) is 0 Å². The summed E-state index contributed by atoms with van der Waals surface area (Å²) in [6.07, 6.45) is 8.17. The van der Waals surface area contributed by atoms with Crippen LogP contribution in [0.2, 0.25) is 0 Å². The molecule has 0 unspecified atom stereocenters. The number of rotatable bonds is 10. The molecule has 1 amide bonds. The van der Waals surface area contributed by atoms with Crippen LogP contribution in [0, 0.1) is 0 Å². The van der Waals surface area contributed by atoms with Crippen LogP contribution in [-0.2, 0) is 0 Å². The number of benzene rings is 3. The van der Waals surface area contributed by atoms with E-state index in [0.717, 1.165) is 51.1 Å². The van der Waals surface area contributed by atoms with Crippen molar-refractivity contribution in [2.45, 2.75) is 62.5 Å². The van der Waals surface area contributed by atoms with Gasteiger partial charge in [0.25, 0.3) is 5.91 Å². The van der Waals surface area contributed by atoms with Crippen LogP contribution >= 0.6 is 0 Å². The average molecular weight is 540 g/mol. The summed E-state index contributed by atoms with van der Waals surface area (Å²) in [5.41, 5.74) is 3.47. The lowest BCUT2D eigenvalue weighted by Crippen LogP contribution is -2.53. The summed E-state index contributed by atoms with van der Waals surface area (Å²) in [4.78, 5) is 18.0. The number of nitrogens with zero attached hydrogens (tertiary/aromatic N) is 2. The number of hydrogen-bond donors (Lipinski definition) is 1. The smallest absolute Gasteiger partial charge is 0.251 e.